The van der Waals surface area contributed by atoms with Gasteiger partial charge in [-0.2, -0.15) is 0 Å². The summed E-state index contributed by atoms with van der Waals surface area (Å²) >= 11 is 3.38. The normalized spacial score (nSPS) is 19.1. The molecular weight excluding hydrogens is 435 g/mol. The van der Waals surface area contributed by atoms with E-state index in [9.17, 15) is 22.4 Å². The highest BCUT2D eigenvalue weighted by Gasteiger charge is 2.35. The molecule has 1 atom stereocenters. The lowest BCUT2D eigenvalue weighted by atomic mass is 9.76. The number of carbonyl (C=O) groups is 2. The molecule has 7 heteroatoms. The molecule has 0 aliphatic heterocycles. The number of benzene rings is 2. The number of fused-ring (bicyclic) bond motifs is 2. The van der Waals surface area contributed by atoms with Crippen LogP contribution in [0.1, 0.15) is 62.6 Å². The van der Waals surface area contributed by atoms with Gasteiger partial charge in [-0.25, -0.2) is 12.8 Å². The van der Waals surface area contributed by atoms with E-state index in [0.29, 0.717) is 28.4 Å². The van der Waals surface area contributed by atoms with Crippen molar-refractivity contribution < 1.29 is 22.4 Å². The molecule has 2 aromatic rings. The predicted octanol–water partition coefficient (Wildman–Crippen LogP) is 4.23. The minimum atomic E-state index is -3.53. The third kappa shape index (κ3) is 2.97. The van der Waals surface area contributed by atoms with Crippen molar-refractivity contribution in [2.75, 3.05) is 6.26 Å². The number of Topliss-reactive ketones (excluding diaryl/α,β-unsaturated/α-hetero) is 2. The van der Waals surface area contributed by atoms with Crippen molar-refractivity contribution in [2.45, 2.75) is 36.5 Å². The fourth-order valence-electron chi connectivity index (χ4n) is 4.25. The van der Waals surface area contributed by atoms with Crippen LogP contribution < -0.4 is 0 Å². The fourth-order valence-corrected chi connectivity index (χ4v) is 5.88. The quantitative estimate of drug-likeness (QED) is 0.686. The first-order valence-electron chi connectivity index (χ1n) is 8.59. The second kappa shape index (κ2) is 6.34. The number of hydrogen-bond donors (Lipinski definition) is 0. The van der Waals surface area contributed by atoms with Crippen LogP contribution in [0.2, 0.25) is 0 Å². The fraction of sp³-hybridized carbons (Fsp3) is 0.300. The van der Waals surface area contributed by atoms with Gasteiger partial charge in [0.1, 0.15) is 5.82 Å². The van der Waals surface area contributed by atoms with Gasteiger partial charge in [0, 0.05) is 40.6 Å². The van der Waals surface area contributed by atoms with E-state index in [-0.39, 0.29) is 40.8 Å². The third-order valence-corrected chi connectivity index (χ3v) is 7.17. The van der Waals surface area contributed by atoms with Gasteiger partial charge in [-0.1, -0.05) is 22.0 Å². The van der Waals surface area contributed by atoms with Gasteiger partial charge in [0.2, 0.25) is 0 Å². The Labute approximate surface area is 164 Å². The molecule has 2 aliphatic carbocycles. The molecule has 0 spiro atoms. The third-order valence-electron chi connectivity index (χ3n) is 5.37. The van der Waals surface area contributed by atoms with Gasteiger partial charge in [-0.15, -0.1) is 0 Å². The van der Waals surface area contributed by atoms with E-state index in [2.05, 4.69) is 15.9 Å². The van der Waals surface area contributed by atoms with E-state index in [0.717, 1.165) is 17.4 Å². The van der Waals surface area contributed by atoms with Crippen molar-refractivity contribution in [3.8, 4) is 0 Å². The maximum atomic E-state index is 13.8. The van der Waals surface area contributed by atoms with Crippen LogP contribution in [0.25, 0.3) is 0 Å². The maximum absolute atomic E-state index is 13.8. The zero-order chi connectivity index (χ0) is 19.5. The topological polar surface area (TPSA) is 68.3 Å². The molecule has 140 valence electrons. The minimum Gasteiger partial charge on any atom is -0.294 e. The summed E-state index contributed by atoms with van der Waals surface area (Å²) in [7, 11) is -3.53. The van der Waals surface area contributed by atoms with Gasteiger partial charge in [0.15, 0.2) is 21.4 Å². The van der Waals surface area contributed by atoms with E-state index >= 15 is 0 Å². The largest absolute Gasteiger partial charge is 0.294 e. The molecule has 4 nitrogen and oxygen atoms in total. The van der Waals surface area contributed by atoms with Gasteiger partial charge < -0.3 is 0 Å². The minimum absolute atomic E-state index is 0.0639. The molecule has 0 N–H and O–H groups in total. The Hall–Kier alpha value is -1.86. The first-order valence-corrected chi connectivity index (χ1v) is 11.3. The van der Waals surface area contributed by atoms with Crippen molar-refractivity contribution in [3.05, 3.63) is 62.4 Å². The zero-order valence-corrected chi connectivity index (χ0v) is 16.9. The summed E-state index contributed by atoms with van der Waals surface area (Å²) in [5, 5.41) is 0. The Balaban J connectivity index is 1.96. The van der Waals surface area contributed by atoms with E-state index in [1.807, 2.05) is 0 Å². The average Bonchev–Trinajstić information content (AvgIpc) is 2.96. The number of rotatable bonds is 2. The maximum Gasteiger partial charge on any atom is 0.176 e. The molecule has 2 aliphatic rings. The highest BCUT2D eigenvalue weighted by Crippen LogP contribution is 2.45. The van der Waals surface area contributed by atoms with Crippen LogP contribution in [0.15, 0.2) is 33.6 Å². The number of carbonyl (C=O) groups excluding carboxylic acids is 2. The second-order valence-electron chi connectivity index (χ2n) is 7.07. The van der Waals surface area contributed by atoms with Crippen molar-refractivity contribution in [2.24, 2.45) is 0 Å². The van der Waals surface area contributed by atoms with Crippen LogP contribution in [0, 0.1) is 5.82 Å². The van der Waals surface area contributed by atoms with Crippen LogP contribution in [-0.2, 0) is 16.3 Å². The van der Waals surface area contributed by atoms with E-state index < -0.39 is 15.7 Å². The molecule has 0 amide bonds. The van der Waals surface area contributed by atoms with Crippen LogP contribution in [-0.4, -0.2) is 26.2 Å². The van der Waals surface area contributed by atoms with Gasteiger partial charge >= 0.3 is 0 Å². The Morgan fingerprint density at radius 1 is 1.07 bits per heavy atom. The molecule has 0 bridgehead atoms. The van der Waals surface area contributed by atoms with Gasteiger partial charge in [0.25, 0.3) is 0 Å². The van der Waals surface area contributed by atoms with Gasteiger partial charge in [-0.3, -0.25) is 9.59 Å². The Morgan fingerprint density at radius 3 is 2.52 bits per heavy atom. The highest BCUT2D eigenvalue weighted by atomic mass is 79.9. The molecule has 2 aromatic carbocycles. The lowest BCUT2D eigenvalue weighted by Crippen LogP contribution is -2.19. The number of ketones is 2. The summed E-state index contributed by atoms with van der Waals surface area (Å²) < 4.78 is 38.6. The van der Waals surface area contributed by atoms with Crippen molar-refractivity contribution in [1.82, 2.24) is 0 Å². The monoisotopic (exact) mass is 450 g/mol. The Bertz CT molecular complexity index is 1120. The molecule has 0 saturated carbocycles. The second-order valence-corrected chi connectivity index (χ2v) is 9.90. The average molecular weight is 451 g/mol. The number of hydrogen-bond acceptors (Lipinski definition) is 4. The number of halogens is 2. The van der Waals surface area contributed by atoms with Crippen LogP contribution in [0.3, 0.4) is 0 Å². The number of sulfone groups is 1. The summed E-state index contributed by atoms with van der Waals surface area (Å²) in [5.41, 5.74) is 2.94. The van der Waals surface area contributed by atoms with Crippen LogP contribution in [0.4, 0.5) is 4.39 Å². The molecule has 0 radical (unpaired) electrons. The molecule has 0 unspecified atom stereocenters. The molecular formula is C20H16BrFO4S. The highest BCUT2D eigenvalue weighted by molar-refractivity contribution is 9.10. The summed E-state index contributed by atoms with van der Waals surface area (Å²) in [6.07, 6.45) is 2.67. The molecule has 0 heterocycles. The Kier molecular flexibility index (Phi) is 4.35. The molecule has 0 aromatic heterocycles. The molecule has 27 heavy (non-hydrogen) atoms. The first kappa shape index (κ1) is 18.5. The smallest absolute Gasteiger partial charge is 0.176 e. The first-order chi connectivity index (χ1) is 12.7. The molecule has 0 saturated heterocycles. The summed E-state index contributed by atoms with van der Waals surface area (Å²) in [6.45, 7) is 0. The van der Waals surface area contributed by atoms with Crippen molar-refractivity contribution in [1.29, 1.82) is 0 Å². The lowest BCUT2D eigenvalue weighted by molar-refractivity contribution is 0.0966. The van der Waals surface area contributed by atoms with Crippen molar-refractivity contribution >= 4 is 37.3 Å². The summed E-state index contributed by atoms with van der Waals surface area (Å²) in [4.78, 5) is 24.8. The molecule has 0 fully saturated rings. The SMILES string of the molecule is CS(=O)(=O)c1ccc([C@H]2CCC(=O)c3cc(F)cc(Br)c32)c2c1C(=O)CC2. The van der Waals surface area contributed by atoms with Gasteiger partial charge in [-0.05, 0) is 47.7 Å². The van der Waals surface area contributed by atoms with Crippen LogP contribution in [0.5, 0.6) is 0 Å². The predicted molar refractivity (Wildman–Crippen MR) is 102 cm³/mol. The zero-order valence-electron chi connectivity index (χ0n) is 14.5. The van der Waals surface area contributed by atoms with E-state index in [1.165, 1.54) is 18.2 Å². The Morgan fingerprint density at radius 2 is 1.81 bits per heavy atom. The standard InChI is InChI=1S/C20H16BrFO4S/c1-27(25,26)18-7-4-11(13-3-6-17(24)20(13)18)12-2-5-16(23)14-8-10(22)9-15(21)19(12)14/h4,7-9,12H,2-3,5-6H2,1H3/t12-/m1/s1. The lowest BCUT2D eigenvalue weighted by Gasteiger charge is -2.28. The van der Waals surface area contributed by atoms with Gasteiger partial charge in [0.05, 0.1) is 4.90 Å². The van der Waals surface area contributed by atoms with E-state index in [4.69, 9.17) is 0 Å². The summed E-state index contributed by atoms with van der Waals surface area (Å²) in [6, 6.07) is 5.82. The van der Waals surface area contributed by atoms with Crippen molar-refractivity contribution in [3.63, 3.8) is 0 Å². The van der Waals surface area contributed by atoms with Crippen LogP contribution >= 0.6 is 15.9 Å². The molecule has 4 rings (SSSR count). The van der Waals surface area contributed by atoms with E-state index in [1.54, 1.807) is 6.07 Å². The summed E-state index contributed by atoms with van der Waals surface area (Å²) in [5.74, 6) is -0.956.